The maximum absolute atomic E-state index is 12.1. The highest BCUT2D eigenvalue weighted by Crippen LogP contribution is 2.21. The zero-order valence-corrected chi connectivity index (χ0v) is 10.2. The summed E-state index contributed by atoms with van der Waals surface area (Å²) in [5.74, 6) is 0.645. The van der Waals surface area contributed by atoms with Crippen molar-refractivity contribution in [2.24, 2.45) is 5.92 Å². The highest BCUT2D eigenvalue weighted by molar-refractivity contribution is 5.85. The molecule has 2 atom stereocenters. The molecule has 2 fully saturated rings. The van der Waals surface area contributed by atoms with Gasteiger partial charge in [0.05, 0.1) is 5.92 Å². The second-order valence-electron chi connectivity index (χ2n) is 4.57. The van der Waals surface area contributed by atoms with E-state index in [0.29, 0.717) is 11.9 Å². The lowest BCUT2D eigenvalue weighted by molar-refractivity contribution is -0.136. The molecular weight excluding hydrogens is 212 g/mol. The third-order valence-corrected chi connectivity index (χ3v) is 3.48. The van der Waals surface area contributed by atoms with Crippen molar-refractivity contribution in [3.63, 3.8) is 0 Å². The molecule has 1 amide bonds. The Morgan fingerprint density at radius 3 is 2.67 bits per heavy atom. The van der Waals surface area contributed by atoms with Crippen molar-refractivity contribution < 1.29 is 4.79 Å². The highest BCUT2D eigenvalue weighted by atomic mass is 35.5. The van der Waals surface area contributed by atoms with Crippen LogP contribution in [0.1, 0.15) is 32.6 Å². The lowest BCUT2D eigenvalue weighted by Crippen LogP contribution is -2.44. The minimum Gasteiger partial charge on any atom is -0.340 e. The fourth-order valence-electron chi connectivity index (χ4n) is 2.56. The van der Waals surface area contributed by atoms with Gasteiger partial charge in [-0.3, -0.25) is 4.79 Å². The smallest absolute Gasteiger partial charge is 0.227 e. The van der Waals surface area contributed by atoms with Crippen LogP contribution in [0.5, 0.6) is 0 Å². The van der Waals surface area contributed by atoms with Crippen LogP contribution in [0, 0.1) is 5.92 Å². The van der Waals surface area contributed by atoms with E-state index in [9.17, 15) is 4.79 Å². The summed E-state index contributed by atoms with van der Waals surface area (Å²) in [4.78, 5) is 14.2. The van der Waals surface area contributed by atoms with Crippen LogP contribution < -0.4 is 5.32 Å². The number of piperidine rings is 1. The Morgan fingerprint density at radius 1 is 1.33 bits per heavy atom. The Morgan fingerprint density at radius 2 is 2.13 bits per heavy atom. The van der Waals surface area contributed by atoms with E-state index in [-0.39, 0.29) is 18.3 Å². The predicted octanol–water partition coefficient (Wildman–Crippen LogP) is 1.42. The van der Waals surface area contributed by atoms with Gasteiger partial charge in [-0.05, 0) is 39.2 Å². The second kappa shape index (κ2) is 5.71. The largest absolute Gasteiger partial charge is 0.340 e. The first-order valence-corrected chi connectivity index (χ1v) is 5.80. The molecule has 0 spiro atoms. The molecule has 1 N–H and O–H groups in total. The molecule has 0 saturated carbocycles. The van der Waals surface area contributed by atoms with Gasteiger partial charge in [0, 0.05) is 19.1 Å². The maximum atomic E-state index is 12.1. The number of halogens is 1. The quantitative estimate of drug-likeness (QED) is 0.742. The van der Waals surface area contributed by atoms with Gasteiger partial charge < -0.3 is 10.2 Å². The SMILES string of the molecule is C[C@@H]1CCCN1C(=O)[C@H]1CCCNC1.Cl. The van der Waals surface area contributed by atoms with Gasteiger partial charge in [-0.15, -0.1) is 12.4 Å². The van der Waals surface area contributed by atoms with E-state index in [1.165, 1.54) is 12.8 Å². The molecule has 2 saturated heterocycles. The molecule has 0 radical (unpaired) electrons. The van der Waals surface area contributed by atoms with Gasteiger partial charge >= 0.3 is 0 Å². The minimum absolute atomic E-state index is 0. The van der Waals surface area contributed by atoms with E-state index >= 15 is 0 Å². The number of hydrogen-bond donors (Lipinski definition) is 1. The number of likely N-dealkylation sites (tertiary alicyclic amines) is 1. The van der Waals surface area contributed by atoms with E-state index in [1.807, 2.05) is 0 Å². The number of hydrogen-bond acceptors (Lipinski definition) is 2. The molecule has 0 aliphatic carbocycles. The van der Waals surface area contributed by atoms with Gasteiger partial charge in [0.25, 0.3) is 0 Å². The zero-order valence-electron chi connectivity index (χ0n) is 9.37. The lowest BCUT2D eigenvalue weighted by atomic mass is 9.98. The van der Waals surface area contributed by atoms with E-state index < -0.39 is 0 Å². The molecule has 0 aromatic rings. The van der Waals surface area contributed by atoms with Crippen LogP contribution in [0.2, 0.25) is 0 Å². The van der Waals surface area contributed by atoms with Crippen molar-refractivity contribution in [2.75, 3.05) is 19.6 Å². The van der Waals surface area contributed by atoms with E-state index in [4.69, 9.17) is 0 Å². The van der Waals surface area contributed by atoms with Gasteiger partial charge in [0.2, 0.25) is 5.91 Å². The molecule has 2 aliphatic heterocycles. The first-order chi connectivity index (χ1) is 6.79. The average molecular weight is 233 g/mol. The Bertz CT molecular complexity index is 217. The van der Waals surface area contributed by atoms with Crippen molar-refractivity contribution in [3.8, 4) is 0 Å². The summed E-state index contributed by atoms with van der Waals surface area (Å²) in [5, 5.41) is 3.31. The van der Waals surface area contributed by atoms with Gasteiger partial charge in [-0.2, -0.15) is 0 Å². The van der Waals surface area contributed by atoms with E-state index in [2.05, 4.69) is 17.1 Å². The molecule has 3 nitrogen and oxygen atoms in total. The number of amides is 1. The minimum atomic E-state index is 0. The summed E-state index contributed by atoms with van der Waals surface area (Å²) in [6.07, 6.45) is 4.60. The molecule has 2 aliphatic rings. The third-order valence-electron chi connectivity index (χ3n) is 3.48. The van der Waals surface area contributed by atoms with Crippen LogP contribution in [-0.4, -0.2) is 36.5 Å². The topological polar surface area (TPSA) is 32.3 Å². The first kappa shape index (κ1) is 12.8. The number of nitrogens with zero attached hydrogens (tertiary/aromatic N) is 1. The molecule has 2 heterocycles. The van der Waals surface area contributed by atoms with Gasteiger partial charge in [0.1, 0.15) is 0 Å². The summed E-state index contributed by atoms with van der Waals surface area (Å²) >= 11 is 0. The van der Waals surface area contributed by atoms with E-state index in [1.54, 1.807) is 0 Å². The van der Waals surface area contributed by atoms with Crippen molar-refractivity contribution in [1.29, 1.82) is 0 Å². The standard InChI is InChI=1S/C11H20N2O.ClH/c1-9-4-3-7-13(9)11(14)10-5-2-6-12-8-10;/h9-10,12H,2-8H2,1H3;1H/t9-,10+;/m1./s1. The fourth-order valence-corrected chi connectivity index (χ4v) is 2.56. The Hall–Kier alpha value is -0.280. The molecule has 88 valence electrons. The Balaban J connectivity index is 0.00000112. The predicted molar refractivity (Wildman–Crippen MR) is 63.3 cm³/mol. The summed E-state index contributed by atoms with van der Waals surface area (Å²) in [6.45, 7) is 5.12. The zero-order chi connectivity index (χ0) is 9.97. The Labute approximate surface area is 98.0 Å². The molecule has 0 unspecified atom stereocenters. The van der Waals surface area contributed by atoms with Crippen molar-refractivity contribution in [3.05, 3.63) is 0 Å². The Kier molecular flexibility index (Phi) is 4.87. The number of carbonyl (C=O) groups is 1. The first-order valence-electron chi connectivity index (χ1n) is 5.80. The van der Waals surface area contributed by atoms with Crippen LogP contribution in [0.4, 0.5) is 0 Å². The highest BCUT2D eigenvalue weighted by Gasteiger charge is 2.31. The molecule has 0 aromatic carbocycles. The molecule has 2 rings (SSSR count). The lowest BCUT2D eigenvalue weighted by Gasteiger charge is -2.29. The average Bonchev–Trinajstić information content (AvgIpc) is 2.65. The summed E-state index contributed by atoms with van der Waals surface area (Å²) in [6, 6.07) is 0.476. The van der Waals surface area contributed by atoms with Crippen molar-refractivity contribution in [1.82, 2.24) is 10.2 Å². The second-order valence-corrected chi connectivity index (χ2v) is 4.57. The summed E-state index contributed by atoms with van der Waals surface area (Å²) in [5.41, 5.74) is 0. The van der Waals surface area contributed by atoms with Gasteiger partial charge in [-0.1, -0.05) is 0 Å². The monoisotopic (exact) mass is 232 g/mol. The molecule has 4 heteroatoms. The molecule has 0 aromatic heterocycles. The summed E-state index contributed by atoms with van der Waals surface area (Å²) < 4.78 is 0. The van der Waals surface area contributed by atoms with Gasteiger partial charge in [0.15, 0.2) is 0 Å². The van der Waals surface area contributed by atoms with Crippen LogP contribution in [0.3, 0.4) is 0 Å². The van der Waals surface area contributed by atoms with Crippen LogP contribution in [0.15, 0.2) is 0 Å². The third kappa shape index (κ3) is 2.85. The molecule has 0 bridgehead atoms. The molecular formula is C11H21ClN2O. The summed E-state index contributed by atoms with van der Waals surface area (Å²) in [7, 11) is 0. The van der Waals surface area contributed by atoms with Crippen molar-refractivity contribution >= 4 is 18.3 Å². The fraction of sp³-hybridized carbons (Fsp3) is 0.909. The number of carbonyl (C=O) groups excluding carboxylic acids is 1. The van der Waals surface area contributed by atoms with E-state index in [0.717, 1.165) is 32.5 Å². The molecule has 15 heavy (non-hydrogen) atoms. The maximum Gasteiger partial charge on any atom is 0.227 e. The number of nitrogens with one attached hydrogen (secondary N) is 1. The van der Waals surface area contributed by atoms with Crippen molar-refractivity contribution in [2.45, 2.75) is 38.6 Å². The normalized spacial score (nSPS) is 31.1. The van der Waals surface area contributed by atoms with Crippen LogP contribution >= 0.6 is 12.4 Å². The van der Waals surface area contributed by atoms with Crippen LogP contribution in [-0.2, 0) is 4.79 Å². The number of rotatable bonds is 1. The van der Waals surface area contributed by atoms with Crippen LogP contribution in [0.25, 0.3) is 0 Å². The van der Waals surface area contributed by atoms with Gasteiger partial charge in [-0.25, -0.2) is 0 Å².